The molecule has 4 nitrogen and oxygen atoms in total. The first-order chi connectivity index (χ1) is 7.09. The molecule has 0 aliphatic rings. The van der Waals surface area contributed by atoms with Crippen LogP contribution in [0.25, 0.3) is 10.9 Å². The van der Waals surface area contributed by atoms with E-state index in [4.69, 9.17) is 17.3 Å². The van der Waals surface area contributed by atoms with Crippen molar-refractivity contribution in [3.63, 3.8) is 0 Å². The van der Waals surface area contributed by atoms with E-state index in [1.165, 1.54) is 12.3 Å². The number of nitrogens with two attached hydrogens (primary N) is 1. The zero-order valence-electron chi connectivity index (χ0n) is 7.58. The Labute approximate surface area is 89.7 Å². The van der Waals surface area contributed by atoms with Crippen molar-refractivity contribution in [2.24, 2.45) is 5.73 Å². The van der Waals surface area contributed by atoms with Crippen LogP contribution in [0.15, 0.2) is 29.2 Å². The summed E-state index contributed by atoms with van der Waals surface area (Å²) in [5.74, 6) is -0.752. The van der Waals surface area contributed by atoms with Gasteiger partial charge in [-0.1, -0.05) is 11.6 Å². The minimum absolute atomic E-state index is 0.0650. The molecule has 76 valence electrons. The van der Waals surface area contributed by atoms with Crippen LogP contribution >= 0.6 is 11.6 Å². The molecule has 2 aromatic rings. The average molecular weight is 223 g/mol. The summed E-state index contributed by atoms with van der Waals surface area (Å²) in [4.78, 5) is 25.5. The highest BCUT2D eigenvalue weighted by Gasteiger charge is 2.09. The largest absolute Gasteiger partial charge is 0.365 e. The van der Waals surface area contributed by atoms with Crippen LogP contribution in [0.2, 0.25) is 5.02 Å². The number of fused-ring (bicyclic) bond motifs is 1. The summed E-state index contributed by atoms with van der Waals surface area (Å²) in [6.07, 6.45) is 1.31. The van der Waals surface area contributed by atoms with E-state index in [1.807, 2.05) is 0 Å². The van der Waals surface area contributed by atoms with Gasteiger partial charge >= 0.3 is 0 Å². The third-order valence-electron chi connectivity index (χ3n) is 2.11. The predicted molar refractivity (Wildman–Crippen MR) is 58.1 cm³/mol. The Balaban J connectivity index is 2.89. The Morgan fingerprint density at radius 1 is 1.40 bits per heavy atom. The van der Waals surface area contributed by atoms with Crippen LogP contribution in [-0.2, 0) is 0 Å². The molecule has 0 fully saturated rings. The molecule has 1 heterocycles. The molecular formula is C10H7ClN2O2. The smallest absolute Gasteiger partial charge is 0.254 e. The summed E-state index contributed by atoms with van der Waals surface area (Å²) in [5, 5.41) is 0.799. The number of aromatic nitrogens is 1. The second-order valence-electron chi connectivity index (χ2n) is 3.09. The second kappa shape index (κ2) is 3.40. The Morgan fingerprint density at radius 2 is 2.13 bits per heavy atom. The van der Waals surface area contributed by atoms with E-state index < -0.39 is 11.3 Å². The number of rotatable bonds is 1. The van der Waals surface area contributed by atoms with Gasteiger partial charge in [0.15, 0.2) is 0 Å². The maximum absolute atomic E-state index is 11.7. The Hall–Kier alpha value is -1.81. The van der Waals surface area contributed by atoms with Crippen LogP contribution in [0, 0.1) is 0 Å². The average Bonchev–Trinajstić information content (AvgIpc) is 2.19. The summed E-state index contributed by atoms with van der Waals surface area (Å²) >= 11 is 5.75. The number of hydrogen-bond donors (Lipinski definition) is 2. The maximum Gasteiger partial charge on any atom is 0.254 e. The van der Waals surface area contributed by atoms with E-state index in [9.17, 15) is 9.59 Å². The van der Waals surface area contributed by atoms with Gasteiger partial charge in [0.05, 0.1) is 0 Å². The quantitative estimate of drug-likeness (QED) is 0.763. The molecule has 1 aromatic heterocycles. The summed E-state index contributed by atoms with van der Waals surface area (Å²) < 4.78 is 0. The van der Waals surface area contributed by atoms with E-state index in [1.54, 1.807) is 12.1 Å². The van der Waals surface area contributed by atoms with Gasteiger partial charge in [0.2, 0.25) is 5.43 Å². The third kappa shape index (κ3) is 1.59. The first-order valence-corrected chi connectivity index (χ1v) is 4.58. The van der Waals surface area contributed by atoms with Gasteiger partial charge in [-0.05, 0) is 18.2 Å². The lowest BCUT2D eigenvalue weighted by Gasteiger charge is -2.00. The number of amides is 1. The van der Waals surface area contributed by atoms with Gasteiger partial charge in [0.25, 0.3) is 5.91 Å². The fraction of sp³-hybridized carbons (Fsp3) is 0. The van der Waals surface area contributed by atoms with Gasteiger partial charge in [-0.3, -0.25) is 9.59 Å². The van der Waals surface area contributed by atoms with Gasteiger partial charge in [-0.2, -0.15) is 0 Å². The summed E-state index contributed by atoms with van der Waals surface area (Å²) in [7, 11) is 0. The molecule has 0 aliphatic carbocycles. The van der Waals surface area contributed by atoms with Gasteiger partial charge in [0, 0.05) is 22.1 Å². The van der Waals surface area contributed by atoms with E-state index in [2.05, 4.69) is 4.98 Å². The molecule has 0 saturated heterocycles. The number of carbonyl (C=O) groups excluding carboxylic acids is 1. The first kappa shape index (κ1) is 9.73. The number of carbonyl (C=O) groups is 1. The molecule has 0 spiro atoms. The van der Waals surface area contributed by atoms with Crippen molar-refractivity contribution in [3.05, 3.63) is 45.2 Å². The molecule has 1 amide bonds. The molecule has 2 rings (SSSR count). The van der Waals surface area contributed by atoms with E-state index in [-0.39, 0.29) is 5.56 Å². The molecule has 5 heteroatoms. The number of halogens is 1. The fourth-order valence-corrected chi connectivity index (χ4v) is 1.55. The Bertz CT molecular complexity index is 604. The molecule has 1 aromatic carbocycles. The van der Waals surface area contributed by atoms with Gasteiger partial charge in [-0.25, -0.2) is 0 Å². The van der Waals surface area contributed by atoms with Gasteiger partial charge in [-0.15, -0.1) is 0 Å². The molecule has 0 aliphatic heterocycles. The van der Waals surface area contributed by atoms with Crippen molar-refractivity contribution < 1.29 is 4.79 Å². The van der Waals surface area contributed by atoms with Crippen molar-refractivity contribution >= 4 is 28.4 Å². The Morgan fingerprint density at radius 3 is 2.80 bits per heavy atom. The standard InChI is InChI=1S/C10H7ClN2O2/c11-5-1-2-8-6(3-5)9(14)7(4-13-8)10(12)15/h1-4H,(H2,12,15)(H,13,14). The van der Waals surface area contributed by atoms with Crippen LogP contribution in [0.4, 0.5) is 0 Å². The summed E-state index contributed by atoms with van der Waals surface area (Å²) in [6.45, 7) is 0. The molecular weight excluding hydrogens is 216 g/mol. The van der Waals surface area contributed by atoms with E-state index >= 15 is 0 Å². The zero-order valence-corrected chi connectivity index (χ0v) is 8.34. The monoisotopic (exact) mass is 222 g/mol. The lowest BCUT2D eigenvalue weighted by Crippen LogP contribution is -2.21. The zero-order chi connectivity index (χ0) is 11.0. The van der Waals surface area contributed by atoms with Crippen molar-refractivity contribution in [2.45, 2.75) is 0 Å². The molecule has 0 saturated carbocycles. The van der Waals surface area contributed by atoms with E-state index in [0.717, 1.165) is 0 Å². The van der Waals surface area contributed by atoms with Crippen molar-refractivity contribution in [1.29, 1.82) is 0 Å². The lowest BCUT2D eigenvalue weighted by molar-refractivity contribution is 0.0999. The highest BCUT2D eigenvalue weighted by Crippen LogP contribution is 2.14. The van der Waals surface area contributed by atoms with Crippen molar-refractivity contribution in [3.8, 4) is 0 Å². The molecule has 15 heavy (non-hydrogen) atoms. The summed E-state index contributed by atoms with van der Waals surface area (Å²) in [5.41, 5.74) is 5.20. The molecule has 3 N–H and O–H groups in total. The highest BCUT2D eigenvalue weighted by molar-refractivity contribution is 6.31. The van der Waals surface area contributed by atoms with Gasteiger partial charge < -0.3 is 10.7 Å². The predicted octanol–water partition coefficient (Wildman–Crippen LogP) is 1.28. The number of primary amides is 1. The number of hydrogen-bond acceptors (Lipinski definition) is 2. The van der Waals surface area contributed by atoms with Crippen molar-refractivity contribution in [2.75, 3.05) is 0 Å². The van der Waals surface area contributed by atoms with Crippen molar-refractivity contribution in [1.82, 2.24) is 4.98 Å². The fourth-order valence-electron chi connectivity index (χ4n) is 1.37. The van der Waals surface area contributed by atoms with Crippen LogP contribution in [0.3, 0.4) is 0 Å². The molecule has 0 bridgehead atoms. The first-order valence-electron chi connectivity index (χ1n) is 4.20. The molecule has 0 unspecified atom stereocenters. The number of aromatic amines is 1. The number of H-pyrrole nitrogens is 1. The second-order valence-corrected chi connectivity index (χ2v) is 3.52. The minimum Gasteiger partial charge on any atom is -0.365 e. The van der Waals surface area contributed by atoms with Crippen LogP contribution in [0.5, 0.6) is 0 Å². The van der Waals surface area contributed by atoms with E-state index in [0.29, 0.717) is 15.9 Å². The van der Waals surface area contributed by atoms with Gasteiger partial charge in [0.1, 0.15) is 5.56 Å². The maximum atomic E-state index is 11.7. The third-order valence-corrected chi connectivity index (χ3v) is 2.34. The molecule has 0 radical (unpaired) electrons. The summed E-state index contributed by atoms with van der Waals surface area (Å²) in [6, 6.07) is 4.83. The number of benzene rings is 1. The minimum atomic E-state index is -0.752. The highest BCUT2D eigenvalue weighted by atomic mass is 35.5. The number of pyridine rings is 1. The SMILES string of the molecule is NC(=O)c1c[nH]c2ccc(Cl)cc2c1=O. The van der Waals surface area contributed by atoms with Crippen LogP contribution in [-0.4, -0.2) is 10.9 Å². The molecule has 0 atom stereocenters. The lowest BCUT2D eigenvalue weighted by atomic mass is 10.1. The van der Waals surface area contributed by atoms with Crippen LogP contribution < -0.4 is 11.2 Å². The topological polar surface area (TPSA) is 76.0 Å². The van der Waals surface area contributed by atoms with Crippen LogP contribution in [0.1, 0.15) is 10.4 Å². The Kier molecular flexibility index (Phi) is 2.21. The normalized spacial score (nSPS) is 10.5. The number of nitrogens with one attached hydrogen (secondary N) is 1.